The van der Waals surface area contributed by atoms with Crippen LogP contribution in [0.3, 0.4) is 0 Å². The zero-order valence-corrected chi connectivity index (χ0v) is 39.0. The SMILES string of the molecule is c1ccc(N2c3cc(C4(c5ccccc5)c5ccccc5-c5ccccc54)ccc3B3c4ccc(C5(c6ccccc6)c6ccccc6-c6ccccc65)cc4N(c4ccccc4)c4cccc2c43)cc1. The molecular weight excluding hydrogens is 856 g/mol. The zero-order valence-electron chi connectivity index (χ0n) is 39.0. The van der Waals surface area contributed by atoms with E-state index in [4.69, 9.17) is 0 Å². The monoisotopic (exact) mass is 900 g/mol. The first kappa shape index (κ1) is 40.0. The second kappa shape index (κ2) is 15.3. The van der Waals surface area contributed by atoms with Crippen LogP contribution in [0.1, 0.15) is 44.5 Å². The molecule has 0 atom stereocenters. The maximum Gasteiger partial charge on any atom is 0.252 e. The predicted octanol–water partition coefficient (Wildman–Crippen LogP) is 14.5. The fourth-order valence-corrected chi connectivity index (χ4v) is 13.5. The van der Waals surface area contributed by atoms with E-state index in [9.17, 15) is 0 Å². The van der Waals surface area contributed by atoms with Gasteiger partial charge in [0.2, 0.25) is 0 Å². The van der Waals surface area contributed by atoms with E-state index in [1.165, 1.54) is 106 Å². The minimum Gasteiger partial charge on any atom is -0.311 e. The lowest BCUT2D eigenvalue weighted by atomic mass is 9.33. The molecule has 2 heterocycles. The zero-order chi connectivity index (χ0) is 46.7. The summed E-state index contributed by atoms with van der Waals surface area (Å²) in [5, 5.41) is 0. The standard InChI is InChI=1S/C68H45BN2/c1-5-22-46(23-6-1)67(56-34-17-13-30-52(56)53-31-14-18-35-57(53)67)48-40-42-60-64(44-48)70(50-26-9-3-10-27-50)62-38-21-39-63-66(62)69(60)61-43-41-49(45-65(61)71(63)51-28-11-4-12-29-51)68(47-24-7-2-8-25-47)58-36-19-15-32-54(58)55-33-16-20-37-59(55)68/h1-45H. The molecule has 2 aliphatic carbocycles. The maximum atomic E-state index is 2.54. The molecule has 0 amide bonds. The summed E-state index contributed by atoms with van der Waals surface area (Å²) in [6.45, 7) is -0.0547. The minimum absolute atomic E-state index is 0.0547. The van der Waals surface area contributed by atoms with Gasteiger partial charge < -0.3 is 9.80 Å². The van der Waals surface area contributed by atoms with Crippen molar-refractivity contribution in [3.05, 3.63) is 317 Å². The summed E-state index contributed by atoms with van der Waals surface area (Å²) < 4.78 is 0. The van der Waals surface area contributed by atoms with Gasteiger partial charge in [0.05, 0.1) is 10.8 Å². The second-order valence-corrected chi connectivity index (χ2v) is 19.4. The summed E-state index contributed by atoms with van der Waals surface area (Å²) in [5.41, 5.74) is 25.3. The van der Waals surface area contributed by atoms with E-state index in [0.29, 0.717) is 0 Å². The van der Waals surface area contributed by atoms with E-state index in [-0.39, 0.29) is 6.71 Å². The Kier molecular flexibility index (Phi) is 8.62. The average molecular weight is 901 g/mol. The van der Waals surface area contributed by atoms with E-state index in [1.807, 2.05) is 0 Å². The molecule has 3 heteroatoms. The number of anilines is 6. The highest BCUT2D eigenvalue weighted by molar-refractivity contribution is 7.00. The fourth-order valence-electron chi connectivity index (χ4n) is 13.5. The molecule has 0 radical (unpaired) electrons. The van der Waals surface area contributed by atoms with Gasteiger partial charge in [-0.3, -0.25) is 0 Å². The molecule has 0 spiro atoms. The molecule has 0 aromatic heterocycles. The molecule has 0 fully saturated rings. The number of hydrogen-bond donors (Lipinski definition) is 0. The lowest BCUT2D eigenvalue weighted by Crippen LogP contribution is -2.61. The van der Waals surface area contributed by atoms with Gasteiger partial charge in [0.25, 0.3) is 6.71 Å². The van der Waals surface area contributed by atoms with Crippen LogP contribution in [0.4, 0.5) is 34.1 Å². The average Bonchev–Trinajstić information content (AvgIpc) is 3.92. The first-order valence-electron chi connectivity index (χ1n) is 24.9. The van der Waals surface area contributed by atoms with Crippen LogP contribution in [0, 0.1) is 0 Å². The normalized spacial score (nSPS) is 14.6. The Morgan fingerprint density at radius 2 is 0.577 bits per heavy atom. The van der Waals surface area contributed by atoms with Crippen LogP contribution >= 0.6 is 0 Å². The lowest BCUT2D eigenvalue weighted by molar-refractivity contribution is 0.768. The Morgan fingerprint density at radius 1 is 0.254 bits per heavy atom. The van der Waals surface area contributed by atoms with Gasteiger partial charge in [-0.05, 0) is 132 Å². The van der Waals surface area contributed by atoms with E-state index in [2.05, 4.69) is 283 Å². The molecule has 15 rings (SSSR count). The molecule has 71 heavy (non-hydrogen) atoms. The van der Waals surface area contributed by atoms with Crippen LogP contribution in [-0.2, 0) is 10.8 Å². The van der Waals surface area contributed by atoms with E-state index >= 15 is 0 Å². The third kappa shape index (κ3) is 5.38. The van der Waals surface area contributed by atoms with Crippen LogP contribution in [0.15, 0.2) is 273 Å². The lowest BCUT2D eigenvalue weighted by Gasteiger charge is -2.45. The smallest absolute Gasteiger partial charge is 0.252 e. The van der Waals surface area contributed by atoms with Gasteiger partial charge in [0, 0.05) is 34.1 Å². The summed E-state index contributed by atoms with van der Waals surface area (Å²) in [5.74, 6) is 0. The molecular formula is C68H45BN2. The Hall–Kier alpha value is -8.92. The molecule has 0 saturated heterocycles. The van der Waals surface area contributed by atoms with Gasteiger partial charge in [-0.1, -0.05) is 224 Å². The minimum atomic E-state index is -0.545. The maximum absolute atomic E-state index is 2.54. The molecule has 2 aliphatic heterocycles. The molecule has 2 nitrogen and oxygen atoms in total. The number of para-hydroxylation sites is 2. The Morgan fingerprint density at radius 3 is 0.944 bits per heavy atom. The summed E-state index contributed by atoms with van der Waals surface area (Å²) in [4.78, 5) is 5.08. The van der Waals surface area contributed by atoms with Crippen LogP contribution in [0.5, 0.6) is 0 Å². The Labute approximate surface area is 415 Å². The third-order valence-corrected chi connectivity index (χ3v) is 16.2. The van der Waals surface area contributed by atoms with Gasteiger partial charge in [-0.25, -0.2) is 0 Å². The molecule has 11 aromatic carbocycles. The predicted molar refractivity (Wildman–Crippen MR) is 295 cm³/mol. The Bertz CT molecular complexity index is 3560. The van der Waals surface area contributed by atoms with Gasteiger partial charge in [-0.2, -0.15) is 0 Å². The summed E-state index contributed by atoms with van der Waals surface area (Å²) >= 11 is 0. The van der Waals surface area contributed by atoms with Gasteiger partial charge in [0.15, 0.2) is 0 Å². The third-order valence-electron chi connectivity index (χ3n) is 16.2. The Balaban J connectivity index is 1.03. The molecule has 0 bridgehead atoms. The van der Waals surface area contributed by atoms with Crippen LogP contribution in [0.2, 0.25) is 0 Å². The summed E-state index contributed by atoms with van der Waals surface area (Å²) in [6.07, 6.45) is 0. The van der Waals surface area contributed by atoms with Crippen molar-refractivity contribution in [1.29, 1.82) is 0 Å². The van der Waals surface area contributed by atoms with Gasteiger partial charge in [-0.15, -0.1) is 0 Å². The van der Waals surface area contributed by atoms with Crippen molar-refractivity contribution in [2.75, 3.05) is 9.80 Å². The highest BCUT2D eigenvalue weighted by atomic mass is 15.2. The highest BCUT2D eigenvalue weighted by Gasteiger charge is 2.50. The number of fused-ring (bicyclic) bond motifs is 10. The second-order valence-electron chi connectivity index (χ2n) is 19.4. The van der Waals surface area contributed by atoms with Crippen molar-refractivity contribution in [1.82, 2.24) is 0 Å². The summed E-state index contributed by atoms with van der Waals surface area (Å²) in [6, 6.07) is 103. The number of nitrogens with zero attached hydrogens (tertiary/aromatic N) is 2. The van der Waals surface area contributed by atoms with Crippen LogP contribution in [0.25, 0.3) is 22.3 Å². The molecule has 4 aliphatic rings. The first-order chi connectivity index (χ1) is 35.3. The van der Waals surface area contributed by atoms with Gasteiger partial charge >= 0.3 is 0 Å². The van der Waals surface area contributed by atoms with E-state index < -0.39 is 10.8 Å². The number of hydrogen-bond acceptors (Lipinski definition) is 2. The molecule has 330 valence electrons. The van der Waals surface area contributed by atoms with E-state index in [1.54, 1.807) is 0 Å². The van der Waals surface area contributed by atoms with Crippen LogP contribution in [-0.4, -0.2) is 6.71 Å². The molecule has 11 aromatic rings. The quantitative estimate of drug-likeness (QED) is 0.153. The van der Waals surface area contributed by atoms with Crippen molar-refractivity contribution in [3.8, 4) is 22.3 Å². The first-order valence-corrected chi connectivity index (χ1v) is 24.9. The molecule has 0 saturated carbocycles. The van der Waals surface area contributed by atoms with Crippen molar-refractivity contribution in [2.45, 2.75) is 10.8 Å². The van der Waals surface area contributed by atoms with E-state index in [0.717, 1.165) is 11.4 Å². The number of rotatable bonds is 6. The molecule has 0 unspecified atom stereocenters. The van der Waals surface area contributed by atoms with Gasteiger partial charge in [0.1, 0.15) is 0 Å². The summed E-state index contributed by atoms with van der Waals surface area (Å²) in [7, 11) is 0. The highest BCUT2D eigenvalue weighted by Crippen LogP contribution is 2.59. The topological polar surface area (TPSA) is 6.48 Å². The number of benzene rings is 11. The van der Waals surface area contributed by atoms with Crippen molar-refractivity contribution >= 4 is 57.2 Å². The van der Waals surface area contributed by atoms with Crippen LogP contribution < -0.4 is 26.2 Å². The fraction of sp³-hybridized carbons (Fsp3) is 0.0294. The molecule has 0 N–H and O–H groups in total. The van der Waals surface area contributed by atoms with Crippen molar-refractivity contribution in [3.63, 3.8) is 0 Å². The van der Waals surface area contributed by atoms with Crippen molar-refractivity contribution in [2.24, 2.45) is 0 Å². The van der Waals surface area contributed by atoms with Crippen molar-refractivity contribution < 1.29 is 0 Å². The largest absolute Gasteiger partial charge is 0.311 e.